The van der Waals surface area contributed by atoms with Gasteiger partial charge in [0.2, 0.25) is 0 Å². The van der Waals surface area contributed by atoms with E-state index in [9.17, 15) is 0 Å². The summed E-state index contributed by atoms with van der Waals surface area (Å²) in [5.74, 6) is 1.41. The van der Waals surface area contributed by atoms with Crippen molar-refractivity contribution in [2.45, 2.75) is 26.8 Å². The van der Waals surface area contributed by atoms with Gasteiger partial charge in [0.1, 0.15) is 17.8 Å². The van der Waals surface area contributed by atoms with Crippen LogP contribution < -0.4 is 10.5 Å². The summed E-state index contributed by atoms with van der Waals surface area (Å²) in [6.07, 6.45) is 4.64. The van der Waals surface area contributed by atoms with Gasteiger partial charge in [-0.2, -0.15) is 0 Å². The minimum absolute atomic E-state index is 0.491. The minimum Gasteiger partial charge on any atom is -0.384 e. The molecule has 26 heavy (non-hydrogen) atoms. The van der Waals surface area contributed by atoms with Gasteiger partial charge in [-0.3, -0.25) is 4.72 Å². The molecule has 0 fully saturated rings. The van der Waals surface area contributed by atoms with E-state index in [0.29, 0.717) is 5.82 Å². The van der Waals surface area contributed by atoms with Crippen molar-refractivity contribution in [3.8, 4) is 11.1 Å². The number of fused-ring (bicyclic) bond motifs is 1. The lowest BCUT2D eigenvalue weighted by atomic mass is 10.0. The fourth-order valence-electron chi connectivity index (χ4n) is 2.39. The largest absolute Gasteiger partial charge is 0.384 e. The van der Waals surface area contributed by atoms with E-state index < -0.39 is 0 Å². The highest BCUT2D eigenvalue weighted by Gasteiger charge is 2.11. The Balaban J connectivity index is 0.000000758. The fraction of sp³-hybridized carbons (Fsp3) is 0.368. The highest BCUT2D eigenvalue weighted by atomic mass is 32.2. The van der Waals surface area contributed by atoms with E-state index in [1.807, 2.05) is 12.3 Å². The Kier molecular flexibility index (Phi) is 8.40. The summed E-state index contributed by atoms with van der Waals surface area (Å²) in [4.78, 5) is 11.4. The Morgan fingerprint density at radius 2 is 2.08 bits per heavy atom. The SMILES string of the molecule is CCC.COCCSNCc1cccc(-c2c[nH]c3ncnc(N)c23)c1. The van der Waals surface area contributed by atoms with E-state index >= 15 is 0 Å². The van der Waals surface area contributed by atoms with Gasteiger partial charge in [-0.1, -0.05) is 50.4 Å². The Morgan fingerprint density at radius 1 is 1.27 bits per heavy atom. The van der Waals surface area contributed by atoms with Gasteiger partial charge < -0.3 is 15.5 Å². The van der Waals surface area contributed by atoms with Crippen molar-refractivity contribution in [2.75, 3.05) is 25.2 Å². The van der Waals surface area contributed by atoms with Crippen molar-refractivity contribution in [1.82, 2.24) is 19.7 Å². The van der Waals surface area contributed by atoms with Crippen LogP contribution in [0.1, 0.15) is 25.8 Å². The van der Waals surface area contributed by atoms with Gasteiger partial charge >= 0.3 is 0 Å². The molecule has 0 radical (unpaired) electrons. The highest BCUT2D eigenvalue weighted by molar-refractivity contribution is 7.97. The summed E-state index contributed by atoms with van der Waals surface area (Å²) in [5, 5.41) is 0.868. The molecule has 3 rings (SSSR count). The molecule has 0 bridgehead atoms. The second kappa shape index (κ2) is 10.8. The molecule has 1 aromatic carbocycles. The lowest BCUT2D eigenvalue weighted by molar-refractivity contribution is 0.218. The molecule has 4 N–H and O–H groups in total. The summed E-state index contributed by atoms with van der Waals surface area (Å²) in [7, 11) is 1.71. The zero-order chi connectivity index (χ0) is 18.8. The molecular formula is C19H27N5OS. The van der Waals surface area contributed by atoms with Gasteiger partial charge in [-0.15, -0.1) is 0 Å². The lowest BCUT2D eigenvalue weighted by Crippen LogP contribution is -2.06. The van der Waals surface area contributed by atoms with Crippen LogP contribution in [0, 0.1) is 0 Å². The van der Waals surface area contributed by atoms with Gasteiger partial charge in [0, 0.05) is 31.2 Å². The first kappa shape index (κ1) is 20.2. The number of benzene rings is 1. The lowest BCUT2D eigenvalue weighted by Gasteiger charge is -2.07. The maximum absolute atomic E-state index is 6.00. The number of aromatic nitrogens is 3. The topological polar surface area (TPSA) is 88.8 Å². The van der Waals surface area contributed by atoms with Crippen molar-refractivity contribution >= 4 is 28.8 Å². The van der Waals surface area contributed by atoms with E-state index in [1.54, 1.807) is 19.1 Å². The number of nitrogens with two attached hydrogens (primary N) is 1. The van der Waals surface area contributed by atoms with Crippen LogP contribution in [-0.2, 0) is 11.3 Å². The summed E-state index contributed by atoms with van der Waals surface area (Å²) < 4.78 is 8.36. The number of hydrogen-bond donors (Lipinski definition) is 3. The smallest absolute Gasteiger partial charge is 0.143 e. The average Bonchev–Trinajstić information content (AvgIpc) is 3.08. The van der Waals surface area contributed by atoms with Crippen molar-refractivity contribution in [3.05, 3.63) is 42.4 Å². The van der Waals surface area contributed by atoms with Gasteiger partial charge in [0.05, 0.1) is 12.0 Å². The molecule has 0 aliphatic rings. The summed E-state index contributed by atoms with van der Waals surface area (Å²) in [6.45, 7) is 5.78. The number of nitrogens with one attached hydrogen (secondary N) is 2. The average molecular weight is 374 g/mol. The Bertz CT molecular complexity index is 805. The van der Waals surface area contributed by atoms with E-state index in [0.717, 1.165) is 41.1 Å². The fourth-order valence-corrected chi connectivity index (χ4v) is 3.06. The van der Waals surface area contributed by atoms with Gasteiger partial charge in [0.25, 0.3) is 0 Å². The molecule has 2 aromatic heterocycles. The second-order valence-electron chi connectivity index (χ2n) is 5.75. The molecule has 0 saturated heterocycles. The normalized spacial score (nSPS) is 10.6. The van der Waals surface area contributed by atoms with E-state index in [-0.39, 0.29) is 0 Å². The first-order chi connectivity index (χ1) is 12.7. The minimum atomic E-state index is 0.491. The van der Waals surface area contributed by atoms with E-state index in [1.165, 1.54) is 18.3 Å². The third-order valence-corrected chi connectivity index (χ3v) is 4.22. The molecule has 0 aliphatic carbocycles. The van der Waals surface area contributed by atoms with Crippen molar-refractivity contribution in [3.63, 3.8) is 0 Å². The third-order valence-electron chi connectivity index (χ3n) is 3.51. The van der Waals surface area contributed by atoms with Crippen LogP contribution in [-0.4, -0.2) is 34.4 Å². The number of ether oxygens (including phenoxy) is 1. The van der Waals surface area contributed by atoms with Crippen molar-refractivity contribution in [1.29, 1.82) is 0 Å². The van der Waals surface area contributed by atoms with E-state index in [2.05, 4.69) is 51.7 Å². The zero-order valence-corrected chi connectivity index (χ0v) is 16.4. The zero-order valence-electron chi connectivity index (χ0n) is 15.6. The predicted octanol–water partition coefficient (Wildman–Crippen LogP) is 4.01. The van der Waals surface area contributed by atoms with Crippen molar-refractivity contribution < 1.29 is 4.74 Å². The first-order valence-corrected chi connectivity index (χ1v) is 9.70. The molecule has 6 nitrogen and oxygen atoms in total. The molecule has 0 atom stereocenters. The highest BCUT2D eigenvalue weighted by Crippen LogP contribution is 2.30. The number of H-pyrrole nitrogens is 1. The molecule has 140 valence electrons. The molecule has 3 aromatic rings. The molecule has 2 heterocycles. The maximum atomic E-state index is 6.00. The van der Waals surface area contributed by atoms with Gasteiger partial charge in [0.15, 0.2) is 0 Å². The summed E-state index contributed by atoms with van der Waals surface area (Å²) >= 11 is 1.66. The number of nitrogen functional groups attached to an aromatic ring is 1. The van der Waals surface area contributed by atoms with Gasteiger partial charge in [-0.25, -0.2) is 9.97 Å². The third kappa shape index (κ3) is 5.45. The Labute approximate surface area is 159 Å². The van der Waals surface area contributed by atoms with Crippen LogP contribution in [0.25, 0.3) is 22.2 Å². The van der Waals surface area contributed by atoms with E-state index in [4.69, 9.17) is 10.5 Å². The first-order valence-electron chi connectivity index (χ1n) is 8.71. The van der Waals surface area contributed by atoms with Crippen LogP contribution in [0.3, 0.4) is 0 Å². The standard InChI is InChI=1S/C16H19N5OS.C3H8/c1-22-5-6-23-21-8-11-3-2-4-12(7-11)13-9-18-16-14(13)15(17)19-10-20-16;1-3-2/h2-4,7,9-10,21H,5-6,8H2,1H3,(H3,17,18,19,20);3H2,1-2H3. The number of hydrogen-bond acceptors (Lipinski definition) is 6. The van der Waals surface area contributed by atoms with Gasteiger partial charge in [-0.05, 0) is 17.2 Å². The molecule has 7 heteroatoms. The monoisotopic (exact) mass is 373 g/mol. The summed E-state index contributed by atoms with van der Waals surface area (Å²) in [5.41, 5.74) is 10.1. The van der Waals surface area contributed by atoms with Crippen LogP contribution in [0.4, 0.5) is 5.82 Å². The molecule has 0 spiro atoms. The molecular weight excluding hydrogens is 346 g/mol. The summed E-state index contributed by atoms with van der Waals surface area (Å²) in [6, 6.07) is 8.36. The number of methoxy groups -OCH3 is 1. The second-order valence-corrected chi connectivity index (χ2v) is 6.74. The van der Waals surface area contributed by atoms with Crippen LogP contribution in [0.5, 0.6) is 0 Å². The quantitative estimate of drug-likeness (QED) is 0.428. The number of aromatic amines is 1. The number of rotatable bonds is 7. The molecule has 0 saturated carbocycles. The van der Waals surface area contributed by atoms with Crippen LogP contribution in [0.15, 0.2) is 36.8 Å². The maximum Gasteiger partial charge on any atom is 0.143 e. The molecule has 0 aliphatic heterocycles. The molecule has 0 unspecified atom stereocenters. The van der Waals surface area contributed by atoms with Crippen LogP contribution >= 0.6 is 11.9 Å². The number of anilines is 1. The molecule has 0 amide bonds. The Morgan fingerprint density at radius 3 is 2.85 bits per heavy atom. The Hall–Kier alpha value is -2.09. The predicted molar refractivity (Wildman–Crippen MR) is 111 cm³/mol. The van der Waals surface area contributed by atoms with Crippen molar-refractivity contribution in [2.24, 2.45) is 0 Å². The number of nitrogens with zero attached hydrogens (tertiary/aromatic N) is 2. The van der Waals surface area contributed by atoms with Crippen LogP contribution in [0.2, 0.25) is 0 Å².